The Morgan fingerprint density at radius 2 is 2.00 bits per heavy atom. The molecule has 1 saturated heterocycles. The first-order chi connectivity index (χ1) is 6.40. The van der Waals surface area contributed by atoms with Gasteiger partial charge in [0.15, 0.2) is 6.23 Å². The largest absolute Gasteiger partial charge is 0.444 e. The zero-order valence-electron chi connectivity index (χ0n) is 9.08. The highest BCUT2D eigenvalue weighted by atomic mass is 16.6. The molecular weight excluding hydrogens is 182 g/mol. The highest BCUT2D eigenvalue weighted by Gasteiger charge is 2.29. The van der Waals surface area contributed by atoms with Crippen LogP contribution in [0.5, 0.6) is 0 Å². The van der Waals surface area contributed by atoms with Gasteiger partial charge in [0.25, 0.3) is 0 Å². The van der Waals surface area contributed by atoms with E-state index in [0.29, 0.717) is 13.0 Å². The summed E-state index contributed by atoms with van der Waals surface area (Å²) in [5.41, 5.74) is -0.520. The first-order valence-corrected chi connectivity index (χ1v) is 5.05. The fourth-order valence-electron chi connectivity index (χ4n) is 1.43. The maximum Gasteiger partial charge on any atom is 0.412 e. The van der Waals surface area contributed by atoms with Gasteiger partial charge in [0.05, 0.1) is 0 Å². The van der Waals surface area contributed by atoms with Crippen LogP contribution in [-0.2, 0) is 9.84 Å². The van der Waals surface area contributed by atoms with Crippen LogP contribution in [0.25, 0.3) is 0 Å². The van der Waals surface area contributed by atoms with Crippen molar-refractivity contribution in [1.29, 1.82) is 0 Å². The third-order valence-corrected chi connectivity index (χ3v) is 2.08. The first kappa shape index (κ1) is 11.3. The van der Waals surface area contributed by atoms with Gasteiger partial charge < -0.3 is 4.74 Å². The van der Waals surface area contributed by atoms with Gasteiger partial charge in [0, 0.05) is 6.54 Å². The monoisotopic (exact) mass is 200 g/mol. The number of hydrogen-bond donors (Lipinski definition) is 0. The van der Waals surface area contributed by atoms with Gasteiger partial charge in [-0.2, -0.15) is 0 Å². The van der Waals surface area contributed by atoms with E-state index in [2.05, 4.69) is 0 Å². The molecule has 0 aromatic heterocycles. The third-order valence-electron chi connectivity index (χ3n) is 2.08. The molecule has 4 nitrogen and oxygen atoms in total. The Balaban J connectivity index is 2.50. The summed E-state index contributed by atoms with van der Waals surface area (Å²) in [6, 6.07) is 0. The van der Waals surface area contributed by atoms with Crippen LogP contribution in [0, 0.1) is 0 Å². The van der Waals surface area contributed by atoms with Gasteiger partial charge in [-0.15, -0.1) is 0 Å². The van der Waals surface area contributed by atoms with Crippen molar-refractivity contribution in [3.8, 4) is 0 Å². The summed E-state index contributed by atoms with van der Waals surface area (Å²) in [4.78, 5) is 12.8. The number of hydrogen-bond acceptors (Lipinski definition) is 2. The van der Waals surface area contributed by atoms with Gasteiger partial charge in [-0.25, -0.2) is 9.90 Å². The fourth-order valence-corrected chi connectivity index (χ4v) is 1.43. The Hall–Kier alpha value is -0.770. The molecule has 81 valence electrons. The molecule has 1 radical (unpaired) electrons. The summed E-state index contributed by atoms with van der Waals surface area (Å²) < 4.78 is 5.13. The third kappa shape index (κ3) is 3.18. The molecule has 1 aliphatic heterocycles. The van der Waals surface area contributed by atoms with E-state index < -0.39 is 17.9 Å². The van der Waals surface area contributed by atoms with E-state index in [4.69, 9.17) is 4.74 Å². The Morgan fingerprint density at radius 3 is 2.50 bits per heavy atom. The van der Waals surface area contributed by atoms with Crippen molar-refractivity contribution >= 4 is 6.09 Å². The lowest BCUT2D eigenvalue weighted by atomic mass is 10.1. The Bertz CT molecular complexity index is 210. The molecule has 1 heterocycles. The fraction of sp³-hybridized carbons (Fsp3) is 0.900. The average molecular weight is 200 g/mol. The van der Waals surface area contributed by atoms with E-state index in [1.54, 1.807) is 20.8 Å². The van der Waals surface area contributed by atoms with E-state index >= 15 is 0 Å². The van der Waals surface area contributed by atoms with Crippen LogP contribution in [0.4, 0.5) is 4.79 Å². The van der Waals surface area contributed by atoms with Gasteiger partial charge in [-0.1, -0.05) is 0 Å². The maximum atomic E-state index is 11.5. The van der Waals surface area contributed by atoms with E-state index in [1.807, 2.05) is 0 Å². The van der Waals surface area contributed by atoms with Crippen LogP contribution < -0.4 is 0 Å². The number of likely N-dealkylation sites (tertiary alicyclic amines) is 1. The molecule has 0 saturated carbocycles. The van der Waals surface area contributed by atoms with Gasteiger partial charge in [0.1, 0.15) is 5.60 Å². The topological polar surface area (TPSA) is 49.4 Å². The Labute approximate surface area is 84.8 Å². The number of amides is 1. The lowest BCUT2D eigenvalue weighted by Crippen LogP contribution is -2.45. The second kappa shape index (κ2) is 4.17. The first-order valence-electron chi connectivity index (χ1n) is 5.05. The van der Waals surface area contributed by atoms with Crippen molar-refractivity contribution in [2.75, 3.05) is 6.54 Å². The predicted molar refractivity (Wildman–Crippen MR) is 51.3 cm³/mol. The van der Waals surface area contributed by atoms with Crippen molar-refractivity contribution in [1.82, 2.24) is 4.90 Å². The Morgan fingerprint density at radius 1 is 1.36 bits per heavy atom. The number of rotatable bonds is 0. The average Bonchev–Trinajstić information content (AvgIpc) is 2.01. The van der Waals surface area contributed by atoms with Crippen LogP contribution in [-0.4, -0.2) is 29.4 Å². The van der Waals surface area contributed by atoms with Crippen LogP contribution in [0.2, 0.25) is 0 Å². The lowest BCUT2D eigenvalue weighted by Gasteiger charge is -2.32. The van der Waals surface area contributed by atoms with E-state index in [1.165, 1.54) is 4.90 Å². The van der Waals surface area contributed by atoms with Crippen LogP contribution in [0.3, 0.4) is 0 Å². The van der Waals surface area contributed by atoms with Crippen LogP contribution in [0.1, 0.15) is 40.0 Å². The molecule has 1 amide bonds. The maximum absolute atomic E-state index is 11.5. The van der Waals surface area contributed by atoms with Gasteiger partial charge >= 0.3 is 6.09 Å². The SMILES string of the molecule is CC(C)(C)OC(=O)N1CCCCC1[O]. The molecule has 14 heavy (non-hydrogen) atoms. The number of ether oxygens (including phenoxy) is 1. The number of nitrogens with zero attached hydrogens (tertiary/aromatic N) is 1. The van der Waals surface area contributed by atoms with E-state index in [0.717, 1.165) is 12.8 Å². The molecule has 1 aliphatic rings. The molecule has 1 fully saturated rings. The van der Waals surface area contributed by atoms with Crippen molar-refractivity contribution < 1.29 is 14.6 Å². The van der Waals surface area contributed by atoms with Gasteiger partial charge in [0.2, 0.25) is 0 Å². The zero-order valence-corrected chi connectivity index (χ0v) is 9.08. The zero-order chi connectivity index (χ0) is 10.8. The number of carbonyl (C=O) groups is 1. The molecule has 0 N–H and O–H groups in total. The molecule has 0 spiro atoms. The molecule has 1 rings (SSSR count). The summed E-state index contributed by atoms with van der Waals surface area (Å²) >= 11 is 0. The Kier molecular flexibility index (Phi) is 3.37. The smallest absolute Gasteiger partial charge is 0.412 e. The minimum absolute atomic E-state index is 0.475. The van der Waals surface area contributed by atoms with Crippen molar-refractivity contribution in [2.45, 2.75) is 51.9 Å². The van der Waals surface area contributed by atoms with Gasteiger partial charge in [-0.3, -0.25) is 4.90 Å². The summed E-state index contributed by atoms with van der Waals surface area (Å²) in [7, 11) is 0. The molecule has 1 atom stereocenters. The second-order valence-electron chi connectivity index (χ2n) is 4.62. The molecule has 0 aliphatic carbocycles. The van der Waals surface area contributed by atoms with E-state index in [9.17, 15) is 9.90 Å². The molecular formula is C10H18NO3. The lowest BCUT2D eigenvalue weighted by molar-refractivity contribution is -0.0764. The predicted octanol–water partition coefficient (Wildman–Crippen LogP) is 2.16. The molecule has 1 unspecified atom stereocenters. The highest BCUT2D eigenvalue weighted by Crippen LogP contribution is 2.18. The van der Waals surface area contributed by atoms with E-state index in [-0.39, 0.29) is 0 Å². The quantitative estimate of drug-likeness (QED) is 0.601. The number of piperidine rings is 1. The van der Waals surface area contributed by atoms with Crippen LogP contribution >= 0.6 is 0 Å². The summed E-state index contributed by atoms with van der Waals surface area (Å²) in [6.45, 7) is 5.93. The van der Waals surface area contributed by atoms with Gasteiger partial charge in [-0.05, 0) is 40.0 Å². The normalized spacial score (nSPS) is 23.4. The second-order valence-corrected chi connectivity index (χ2v) is 4.62. The summed E-state index contributed by atoms with van der Waals surface area (Å²) in [5, 5.41) is 11.4. The molecule has 0 aromatic carbocycles. The van der Waals surface area contributed by atoms with Crippen molar-refractivity contribution in [2.24, 2.45) is 0 Å². The standard InChI is InChI=1S/C10H18NO3/c1-10(2,3)14-9(13)11-7-5-4-6-8(11)12/h8H,4-7H2,1-3H3. The number of carbonyl (C=O) groups excluding carboxylic acids is 1. The van der Waals surface area contributed by atoms with Crippen molar-refractivity contribution in [3.63, 3.8) is 0 Å². The van der Waals surface area contributed by atoms with Crippen LogP contribution in [0.15, 0.2) is 0 Å². The van der Waals surface area contributed by atoms with Crippen molar-refractivity contribution in [3.05, 3.63) is 0 Å². The molecule has 4 heteroatoms. The minimum atomic E-state index is -0.918. The summed E-state index contributed by atoms with van der Waals surface area (Å²) in [5.74, 6) is 0. The molecule has 0 aromatic rings. The minimum Gasteiger partial charge on any atom is -0.444 e. The summed E-state index contributed by atoms with van der Waals surface area (Å²) in [6.07, 6.45) is 0.959. The highest BCUT2D eigenvalue weighted by molar-refractivity contribution is 5.68. The molecule has 0 bridgehead atoms.